The van der Waals surface area contributed by atoms with Crippen molar-refractivity contribution in [3.63, 3.8) is 0 Å². The first-order valence-corrected chi connectivity index (χ1v) is 9.17. The van der Waals surface area contributed by atoms with Crippen LogP contribution in [0.4, 0.5) is 5.69 Å². The molecule has 0 aliphatic heterocycles. The second kappa shape index (κ2) is 9.02. The Bertz CT molecular complexity index is 818. The van der Waals surface area contributed by atoms with Crippen molar-refractivity contribution in [1.82, 2.24) is 10.2 Å². The molecule has 1 heterocycles. The maximum atomic E-state index is 12.4. The summed E-state index contributed by atoms with van der Waals surface area (Å²) < 4.78 is 0. The third-order valence-corrected chi connectivity index (χ3v) is 5.04. The molecule has 6 nitrogen and oxygen atoms in total. The minimum absolute atomic E-state index is 0.140. The van der Waals surface area contributed by atoms with Gasteiger partial charge in [-0.15, -0.1) is 11.3 Å². The predicted molar refractivity (Wildman–Crippen MR) is 104 cm³/mol. The van der Waals surface area contributed by atoms with Crippen LogP contribution in [0.15, 0.2) is 30.3 Å². The highest BCUT2D eigenvalue weighted by Crippen LogP contribution is 2.29. The lowest BCUT2D eigenvalue weighted by molar-refractivity contribution is -0.119. The monoisotopic (exact) mass is 413 g/mol. The Balaban J connectivity index is 1.96. The summed E-state index contributed by atoms with van der Waals surface area (Å²) in [5.41, 5.74) is 0.315. The van der Waals surface area contributed by atoms with E-state index >= 15 is 0 Å². The summed E-state index contributed by atoms with van der Waals surface area (Å²) in [6.45, 7) is 1.64. The number of rotatable bonds is 6. The van der Waals surface area contributed by atoms with E-state index < -0.39 is 5.91 Å². The van der Waals surface area contributed by atoms with Crippen molar-refractivity contribution in [2.75, 3.05) is 18.9 Å². The molecule has 0 aliphatic rings. The molecule has 0 spiro atoms. The second-order valence-electron chi connectivity index (χ2n) is 5.48. The largest absolute Gasteiger partial charge is 0.351 e. The SMILES string of the molecule is CC(=O)NCc1ccc(C(=O)N(C)CC(=O)Nc2c(Cl)cccc2Cl)s1. The van der Waals surface area contributed by atoms with Gasteiger partial charge in [0.25, 0.3) is 5.91 Å². The normalized spacial score (nSPS) is 10.3. The molecule has 0 bridgehead atoms. The van der Waals surface area contributed by atoms with Gasteiger partial charge >= 0.3 is 0 Å². The van der Waals surface area contributed by atoms with Crippen LogP contribution in [-0.4, -0.2) is 36.2 Å². The molecule has 1 aromatic heterocycles. The van der Waals surface area contributed by atoms with Crippen molar-refractivity contribution >= 4 is 57.9 Å². The van der Waals surface area contributed by atoms with Crippen LogP contribution in [0.25, 0.3) is 0 Å². The number of hydrogen-bond acceptors (Lipinski definition) is 4. The average Bonchev–Trinajstić information content (AvgIpc) is 3.04. The van der Waals surface area contributed by atoms with Crippen molar-refractivity contribution in [3.05, 3.63) is 50.1 Å². The molecule has 0 saturated heterocycles. The van der Waals surface area contributed by atoms with Gasteiger partial charge in [0.05, 0.1) is 33.7 Å². The summed E-state index contributed by atoms with van der Waals surface area (Å²) >= 11 is 13.3. The van der Waals surface area contributed by atoms with Crippen LogP contribution in [0.5, 0.6) is 0 Å². The average molecular weight is 414 g/mol. The summed E-state index contributed by atoms with van der Waals surface area (Å²) in [5, 5.41) is 5.92. The molecule has 138 valence electrons. The second-order valence-corrected chi connectivity index (χ2v) is 7.46. The van der Waals surface area contributed by atoms with Crippen LogP contribution in [0.3, 0.4) is 0 Å². The van der Waals surface area contributed by atoms with Crippen molar-refractivity contribution in [2.24, 2.45) is 0 Å². The van der Waals surface area contributed by atoms with Gasteiger partial charge in [-0.3, -0.25) is 14.4 Å². The number of anilines is 1. The van der Waals surface area contributed by atoms with E-state index in [0.29, 0.717) is 27.2 Å². The van der Waals surface area contributed by atoms with Gasteiger partial charge < -0.3 is 15.5 Å². The number of para-hydroxylation sites is 1. The third-order valence-electron chi connectivity index (χ3n) is 3.34. The number of carbonyl (C=O) groups excluding carboxylic acids is 3. The first-order chi connectivity index (χ1) is 12.3. The molecular formula is C17H17Cl2N3O3S. The fourth-order valence-corrected chi connectivity index (χ4v) is 3.51. The summed E-state index contributed by atoms with van der Waals surface area (Å²) in [7, 11) is 1.53. The molecule has 2 rings (SSSR count). The number of halogens is 2. The highest BCUT2D eigenvalue weighted by molar-refractivity contribution is 7.14. The minimum Gasteiger partial charge on any atom is -0.351 e. The van der Waals surface area contributed by atoms with Crippen LogP contribution >= 0.6 is 34.5 Å². The number of hydrogen-bond donors (Lipinski definition) is 2. The number of carbonyl (C=O) groups is 3. The number of likely N-dealkylation sites (N-methyl/N-ethyl adjacent to an activating group) is 1. The highest BCUT2D eigenvalue weighted by Gasteiger charge is 2.18. The first-order valence-electron chi connectivity index (χ1n) is 7.60. The number of thiophene rings is 1. The van der Waals surface area contributed by atoms with Gasteiger partial charge in [-0.1, -0.05) is 29.3 Å². The quantitative estimate of drug-likeness (QED) is 0.761. The molecule has 3 amide bonds. The summed E-state index contributed by atoms with van der Waals surface area (Å²) in [5.74, 6) is -0.839. The zero-order valence-electron chi connectivity index (χ0n) is 14.1. The van der Waals surface area contributed by atoms with Crippen LogP contribution < -0.4 is 10.6 Å². The molecule has 0 fully saturated rings. The van der Waals surface area contributed by atoms with E-state index in [1.165, 1.54) is 30.2 Å². The smallest absolute Gasteiger partial charge is 0.264 e. The van der Waals surface area contributed by atoms with Crippen LogP contribution in [0.1, 0.15) is 21.5 Å². The Labute approximate surface area is 165 Å². The Morgan fingerprint density at radius 1 is 1.12 bits per heavy atom. The molecule has 0 radical (unpaired) electrons. The van der Waals surface area contributed by atoms with Crippen molar-refractivity contribution in [2.45, 2.75) is 13.5 Å². The maximum absolute atomic E-state index is 12.4. The molecule has 0 unspecified atom stereocenters. The summed E-state index contributed by atoms with van der Waals surface area (Å²) in [6.07, 6.45) is 0. The Kier molecular flexibility index (Phi) is 7.02. The van der Waals surface area contributed by atoms with Gasteiger partial charge in [0, 0.05) is 18.8 Å². The zero-order valence-corrected chi connectivity index (χ0v) is 16.5. The molecule has 2 aromatic rings. The van der Waals surface area contributed by atoms with Gasteiger partial charge in [0.15, 0.2) is 0 Å². The lowest BCUT2D eigenvalue weighted by Gasteiger charge is -2.16. The first kappa shape index (κ1) is 20.2. The Morgan fingerprint density at radius 3 is 2.38 bits per heavy atom. The van der Waals surface area contributed by atoms with Crippen LogP contribution in [0.2, 0.25) is 10.0 Å². The van der Waals surface area contributed by atoms with Gasteiger partial charge in [-0.2, -0.15) is 0 Å². The Morgan fingerprint density at radius 2 is 1.77 bits per heavy atom. The standard InChI is InChI=1S/C17H17Cl2N3O3S/c1-10(23)20-8-11-6-7-14(26-11)17(25)22(2)9-15(24)21-16-12(18)4-3-5-13(16)19/h3-7H,8-9H2,1-2H3,(H,20,23)(H,21,24). The van der Waals surface area contributed by atoms with Gasteiger partial charge in [0.1, 0.15) is 0 Å². The topological polar surface area (TPSA) is 78.5 Å². The zero-order chi connectivity index (χ0) is 19.3. The van der Waals surface area contributed by atoms with Crippen molar-refractivity contribution in [1.29, 1.82) is 0 Å². The fraction of sp³-hybridized carbons (Fsp3) is 0.235. The van der Waals surface area contributed by atoms with Gasteiger partial charge in [0.2, 0.25) is 11.8 Å². The molecule has 1 aromatic carbocycles. The molecule has 0 atom stereocenters. The molecule has 9 heteroatoms. The molecule has 0 saturated carbocycles. The molecule has 26 heavy (non-hydrogen) atoms. The van der Waals surface area contributed by atoms with E-state index in [4.69, 9.17) is 23.2 Å². The molecule has 0 aliphatic carbocycles. The molecule has 2 N–H and O–H groups in total. The lowest BCUT2D eigenvalue weighted by Crippen LogP contribution is -2.34. The third kappa shape index (κ3) is 5.45. The number of nitrogens with zero attached hydrogens (tertiary/aromatic N) is 1. The van der Waals surface area contributed by atoms with E-state index in [1.54, 1.807) is 30.3 Å². The van der Waals surface area contributed by atoms with E-state index in [2.05, 4.69) is 10.6 Å². The molecular weight excluding hydrogens is 397 g/mol. The van der Waals surface area contributed by atoms with E-state index in [0.717, 1.165) is 4.88 Å². The lowest BCUT2D eigenvalue weighted by atomic mass is 10.3. The van der Waals surface area contributed by atoms with Crippen molar-refractivity contribution in [3.8, 4) is 0 Å². The maximum Gasteiger partial charge on any atom is 0.264 e. The number of nitrogens with one attached hydrogen (secondary N) is 2. The van der Waals surface area contributed by atoms with E-state index in [-0.39, 0.29) is 18.4 Å². The summed E-state index contributed by atoms with van der Waals surface area (Å²) in [6, 6.07) is 8.33. The fourth-order valence-electron chi connectivity index (χ4n) is 2.07. The number of amides is 3. The number of benzene rings is 1. The predicted octanol–water partition coefficient (Wildman–Crippen LogP) is 3.40. The van der Waals surface area contributed by atoms with Crippen LogP contribution in [-0.2, 0) is 16.1 Å². The Hall–Kier alpha value is -2.09. The minimum atomic E-state index is -0.411. The van der Waals surface area contributed by atoms with Crippen molar-refractivity contribution < 1.29 is 14.4 Å². The van der Waals surface area contributed by atoms with Gasteiger partial charge in [-0.05, 0) is 24.3 Å². The summed E-state index contributed by atoms with van der Waals surface area (Å²) in [4.78, 5) is 38.2. The van der Waals surface area contributed by atoms with Crippen LogP contribution in [0, 0.1) is 0 Å². The van der Waals surface area contributed by atoms with E-state index in [1.807, 2.05) is 0 Å². The van der Waals surface area contributed by atoms with Gasteiger partial charge in [-0.25, -0.2) is 0 Å². The highest BCUT2D eigenvalue weighted by atomic mass is 35.5. The van der Waals surface area contributed by atoms with E-state index in [9.17, 15) is 14.4 Å².